The second-order valence-corrected chi connectivity index (χ2v) is 3.54. The van der Waals surface area contributed by atoms with Crippen molar-refractivity contribution in [2.45, 2.75) is 19.9 Å². The molecule has 4 nitrogen and oxygen atoms in total. The number of carbonyl (C=O) groups is 1. The Morgan fingerprint density at radius 3 is 2.69 bits per heavy atom. The lowest BCUT2D eigenvalue weighted by Gasteiger charge is -2.04. The average molecular weight is 215 g/mol. The van der Waals surface area contributed by atoms with E-state index < -0.39 is 0 Å². The van der Waals surface area contributed by atoms with Crippen molar-refractivity contribution in [3.05, 3.63) is 47.3 Å². The van der Waals surface area contributed by atoms with Gasteiger partial charge in [0.1, 0.15) is 5.69 Å². The molecule has 0 spiro atoms. The van der Waals surface area contributed by atoms with Gasteiger partial charge in [-0.05, 0) is 12.0 Å². The molecule has 0 aliphatic rings. The van der Waals surface area contributed by atoms with Gasteiger partial charge in [0.15, 0.2) is 6.29 Å². The molecule has 0 amide bonds. The summed E-state index contributed by atoms with van der Waals surface area (Å²) >= 11 is 0. The van der Waals surface area contributed by atoms with Gasteiger partial charge >= 0.3 is 0 Å². The number of aromatic nitrogens is 3. The van der Waals surface area contributed by atoms with Crippen LogP contribution in [0, 0.1) is 0 Å². The number of benzene rings is 1. The van der Waals surface area contributed by atoms with E-state index in [0.717, 1.165) is 24.0 Å². The maximum atomic E-state index is 10.7. The fourth-order valence-electron chi connectivity index (χ4n) is 1.68. The SMILES string of the molecule is CCc1c(C=O)nnn1Cc1ccccc1. The molecule has 0 atom stereocenters. The standard InChI is InChI=1S/C12H13N3O/c1-2-12-11(9-16)13-14-15(12)8-10-6-4-3-5-7-10/h3-7,9H,2,8H2,1H3. The zero-order valence-electron chi connectivity index (χ0n) is 9.13. The number of hydrogen-bond acceptors (Lipinski definition) is 3. The normalized spacial score (nSPS) is 10.3. The first-order valence-corrected chi connectivity index (χ1v) is 5.26. The predicted octanol–water partition coefficient (Wildman–Crippen LogP) is 1.70. The summed E-state index contributed by atoms with van der Waals surface area (Å²) in [6.07, 6.45) is 1.52. The van der Waals surface area contributed by atoms with Crippen molar-refractivity contribution in [3.63, 3.8) is 0 Å². The molecule has 0 aliphatic heterocycles. The lowest BCUT2D eigenvalue weighted by molar-refractivity contribution is 0.111. The summed E-state index contributed by atoms with van der Waals surface area (Å²) in [6, 6.07) is 10.0. The fraction of sp³-hybridized carbons (Fsp3) is 0.250. The van der Waals surface area contributed by atoms with Gasteiger partial charge in [-0.1, -0.05) is 42.5 Å². The van der Waals surface area contributed by atoms with Crippen molar-refractivity contribution in [1.82, 2.24) is 15.0 Å². The number of rotatable bonds is 4. The molecule has 0 saturated carbocycles. The third kappa shape index (κ3) is 2.00. The minimum atomic E-state index is 0.443. The van der Waals surface area contributed by atoms with Crippen LogP contribution in [0.2, 0.25) is 0 Å². The lowest BCUT2D eigenvalue weighted by Crippen LogP contribution is -2.06. The Kier molecular flexibility index (Phi) is 3.10. The summed E-state index contributed by atoms with van der Waals surface area (Å²) in [5, 5.41) is 7.84. The molecule has 1 aromatic heterocycles. The molecule has 82 valence electrons. The molecule has 0 unspecified atom stereocenters. The molecule has 0 N–H and O–H groups in total. The molecule has 0 saturated heterocycles. The Hall–Kier alpha value is -1.97. The molecule has 2 aromatic rings. The van der Waals surface area contributed by atoms with Gasteiger partial charge < -0.3 is 0 Å². The Morgan fingerprint density at radius 2 is 2.06 bits per heavy atom. The minimum Gasteiger partial charge on any atom is -0.296 e. The summed E-state index contributed by atoms with van der Waals surface area (Å²) in [5.74, 6) is 0. The van der Waals surface area contributed by atoms with Gasteiger partial charge in [-0.25, -0.2) is 4.68 Å². The summed E-state index contributed by atoms with van der Waals surface area (Å²) in [5.41, 5.74) is 2.48. The molecule has 4 heteroatoms. The van der Waals surface area contributed by atoms with E-state index >= 15 is 0 Å². The van der Waals surface area contributed by atoms with Gasteiger partial charge in [-0.3, -0.25) is 4.79 Å². The third-order valence-electron chi connectivity index (χ3n) is 2.49. The van der Waals surface area contributed by atoms with E-state index in [4.69, 9.17) is 0 Å². The van der Waals surface area contributed by atoms with Gasteiger partial charge in [0.05, 0.1) is 12.2 Å². The van der Waals surface area contributed by atoms with Gasteiger partial charge in [-0.15, -0.1) is 5.10 Å². The highest BCUT2D eigenvalue weighted by atomic mass is 16.1. The Labute approximate surface area is 93.9 Å². The van der Waals surface area contributed by atoms with Gasteiger partial charge in [0, 0.05) is 0 Å². The smallest absolute Gasteiger partial charge is 0.172 e. The van der Waals surface area contributed by atoms with Crippen LogP contribution in [0.3, 0.4) is 0 Å². The molecule has 0 bridgehead atoms. The van der Waals surface area contributed by atoms with E-state index in [1.54, 1.807) is 4.68 Å². The quantitative estimate of drug-likeness (QED) is 0.729. The van der Waals surface area contributed by atoms with Gasteiger partial charge in [-0.2, -0.15) is 0 Å². The number of hydrogen-bond donors (Lipinski definition) is 0. The Bertz CT molecular complexity index is 476. The zero-order valence-corrected chi connectivity index (χ0v) is 9.13. The molecule has 2 rings (SSSR count). The third-order valence-corrected chi connectivity index (χ3v) is 2.49. The monoisotopic (exact) mass is 215 g/mol. The Morgan fingerprint density at radius 1 is 1.31 bits per heavy atom. The minimum absolute atomic E-state index is 0.443. The van der Waals surface area contributed by atoms with E-state index in [0.29, 0.717) is 12.2 Å². The topological polar surface area (TPSA) is 47.8 Å². The highest BCUT2D eigenvalue weighted by Crippen LogP contribution is 2.08. The van der Waals surface area contributed by atoms with Crippen LogP contribution in [0.1, 0.15) is 28.7 Å². The van der Waals surface area contributed by atoms with Crippen LogP contribution in [-0.4, -0.2) is 21.3 Å². The first-order chi connectivity index (χ1) is 7.85. The highest BCUT2D eigenvalue weighted by molar-refractivity contribution is 5.73. The van der Waals surface area contributed by atoms with E-state index in [-0.39, 0.29) is 0 Å². The molecular formula is C12H13N3O. The maximum Gasteiger partial charge on any atom is 0.172 e. The second-order valence-electron chi connectivity index (χ2n) is 3.54. The molecule has 1 heterocycles. The largest absolute Gasteiger partial charge is 0.296 e. The predicted molar refractivity (Wildman–Crippen MR) is 60.3 cm³/mol. The summed E-state index contributed by atoms with van der Waals surface area (Å²) in [7, 11) is 0. The van der Waals surface area contributed by atoms with Crippen molar-refractivity contribution < 1.29 is 4.79 Å². The van der Waals surface area contributed by atoms with Crippen molar-refractivity contribution in [2.75, 3.05) is 0 Å². The van der Waals surface area contributed by atoms with Crippen molar-refractivity contribution in [3.8, 4) is 0 Å². The van der Waals surface area contributed by atoms with Crippen molar-refractivity contribution >= 4 is 6.29 Å². The van der Waals surface area contributed by atoms with Crippen LogP contribution >= 0.6 is 0 Å². The summed E-state index contributed by atoms with van der Waals surface area (Å²) < 4.78 is 1.78. The fourth-order valence-corrected chi connectivity index (χ4v) is 1.68. The highest BCUT2D eigenvalue weighted by Gasteiger charge is 2.09. The van der Waals surface area contributed by atoms with Crippen LogP contribution in [0.5, 0.6) is 0 Å². The summed E-state index contributed by atoms with van der Waals surface area (Å²) in [4.78, 5) is 10.7. The van der Waals surface area contributed by atoms with Crippen LogP contribution < -0.4 is 0 Å². The first kappa shape index (κ1) is 10.5. The first-order valence-electron chi connectivity index (χ1n) is 5.26. The maximum absolute atomic E-state index is 10.7. The summed E-state index contributed by atoms with van der Waals surface area (Å²) in [6.45, 7) is 2.65. The number of nitrogens with zero attached hydrogens (tertiary/aromatic N) is 3. The van der Waals surface area contributed by atoms with Crippen molar-refractivity contribution in [2.24, 2.45) is 0 Å². The molecule has 16 heavy (non-hydrogen) atoms. The molecule has 0 radical (unpaired) electrons. The number of carbonyl (C=O) groups excluding carboxylic acids is 1. The van der Waals surface area contributed by atoms with Gasteiger partial charge in [0.25, 0.3) is 0 Å². The molecule has 0 aliphatic carbocycles. The van der Waals surface area contributed by atoms with E-state index in [1.807, 2.05) is 37.3 Å². The molecule has 1 aromatic carbocycles. The zero-order chi connectivity index (χ0) is 11.4. The van der Waals surface area contributed by atoms with E-state index in [2.05, 4.69) is 10.3 Å². The van der Waals surface area contributed by atoms with E-state index in [9.17, 15) is 4.79 Å². The van der Waals surface area contributed by atoms with Crippen LogP contribution in [0.25, 0.3) is 0 Å². The van der Waals surface area contributed by atoms with E-state index in [1.165, 1.54) is 0 Å². The lowest BCUT2D eigenvalue weighted by atomic mass is 10.2. The molecular weight excluding hydrogens is 202 g/mol. The van der Waals surface area contributed by atoms with Gasteiger partial charge in [0.2, 0.25) is 0 Å². The van der Waals surface area contributed by atoms with Crippen LogP contribution in [0.15, 0.2) is 30.3 Å². The Balaban J connectivity index is 2.28. The van der Waals surface area contributed by atoms with Crippen molar-refractivity contribution in [1.29, 1.82) is 0 Å². The van der Waals surface area contributed by atoms with Crippen LogP contribution in [0.4, 0.5) is 0 Å². The number of aldehydes is 1. The average Bonchev–Trinajstić information content (AvgIpc) is 2.72. The molecule has 0 fully saturated rings. The second kappa shape index (κ2) is 4.70. The van der Waals surface area contributed by atoms with Crippen LogP contribution in [-0.2, 0) is 13.0 Å².